The van der Waals surface area contributed by atoms with E-state index in [9.17, 15) is 14.7 Å². The predicted molar refractivity (Wildman–Crippen MR) is 84.5 cm³/mol. The van der Waals surface area contributed by atoms with Crippen molar-refractivity contribution in [2.75, 3.05) is 20.2 Å². The number of nitrogens with zero attached hydrogens (tertiary/aromatic N) is 1. The van der Waals surface area contributed by atoms with Crippen molar-refractivity contribution in [1.29, 1.82) is 0 Å². The van der Waals surface area contributed by atoms with E-state index in [1.54, 1.807) is 4.90 Å². The molecule has 0 aromatic heterocycles. The molecule has 1 aromatic rings. The Kier molecular flexibility index (Phi) is 4.39. The lowest BCUT2D eigenvalue weighted by Gasteiger charge is -2.34. The van der Waals surface area contributed by atoms with Gasteiger partial charge in [-0.3, -0.25) is 9.59 Å². The smallest absolute Gasteiger partial charge is 0.309 e. The fourth-order valence-corrected chi connectivity index (χ4v) is 3.68. The number of hydrogen-bond donors (Lipinski definition) is 1. The lowest BCUT2D eigenvalue weighted by atomic mass is 9.90. The number of carbonyl (C=O) groups excluding carboxylic acids is 2. The Bertz CT molecular complexity index is 578. The van der Waals surface area contributed by atoms with Gasteiger partial charge in [0.1, 0.15) is 6.10 Å². The first kappa shape index (κ1) is 16.0. The molecule has 1 N–H and O–H groups in total. The van der Waals surface area contributed by atoms with Crippen molar-refractivity contribution < 1.29 is 19.4 Å². The Morgan fingerprint density at radius 1 is 1.30 bits per heavy atom. The zero-order valence-electron chi connectivity index (χ0n) is 13.4. The summed E-state index contributed by atoms with van der Waals surface area (Å²) >= 11 is 0. The van der Waals surface area contributed by atoms with Gasteiger partial charge in [0.2, 0.25) is 0 Å². The summed E-state index contributed by atoms with van der Waals surface area (Å²) < 4.78 is 4.82. The van der Waals surface area contributed by atoms with Crippen LogP contribution in [0.2, 0.25) is 0 Å². The molecule has 1 amide bonds. The van der Waals surface area contributed by atoms with E-state index in [1.807, 2.05) is 30.3 Å². The van der Waals surface area contributed by atoms with E-state index in [1.165, 1.54) is 7.11 Å². The second kappa shape index (κ2) is 6.32. The third-order valence-electron chi connectivity index (χ3n) is 5.30. The first-order chi connectivity index (χ1) is 11.1. The number of esters is 1. The first-order valence-corrected chi connectivity index (χ1v) is 8.14. The molecular weight excluding hydrogens is 294 g/mol. The van der Waals surface area contributed by atoms with Crippen LogP contribution in [0.5, 0.6) is 0 Å². The number of hydrogen-bond acceptors (Lipinski definition) is 4. The standard InChI is InChI=1S/C18H23NO4/c1-23-17(22)14-12-18(14)7-9-19(10-8-18)16(21)15(20)11-13-5-3-2-4-6-13/h2-6,14-15,20H,7-12H2,1H3/t14-,15+/m1/s1. The molecule has 5 nitrogen and oxygen atoms in total. The molecule has 0 radical (unpaired) electrons. The van der Waals surface area contributed by atoms with Gasteiger partial charge in [-0.2, -0.15) is 0 Å². The van der Waals surface area contributed by atoms with Gasteiger partial charge in [-0.15, -0.1) is 0 Å². The minimum atomic E-state index is -0.998. The van der Waals surface area contributed by atoms with Crippen molar-refractivity contribution in [2.24, 2.45) is 11.3 Å². The van der Waals surface area contributed by atoms with E-state index >= 15 is 0 Å². The summed E-state index contributed by atoms with van der Waals surface area (Å²) in [5.74, 6) is -0.341. The van der Waals surface area contributed by atoms with Crippen LogP contribution in [0.15, 0.2) is 30.3 Å². The van der Waals surface area contributed by atoms with Crippen LogP contribution in [0.1, 0.15) is 24.8 Å². The number of carbonyl (C=O) groups is 2. The number of ether oxygens (including phenoxy) is 1. The Hall–Kier alpha value is -1.88. The minimum Gasteiger partial charge on any atom is -0.469 e. The third-order valence-corrected chi connectivity index (χ3v) is 5.30. The van der Waals surface area contributed by atoms with E-state index in [0.29, 0.717) is 19.5 Å². The van der Waals surface area contributed by atoms with Crippen molar-refractivity contribution >= 4 is 11.9 Å². The van der Waals surface area contributed by atoms with E-state index in [0.717, 1.165) is 24.8 Å². The molecular formula is C18H23NO4. The van der Waals surface area contributed by atoms with Gasteiger partial charge in [0.05, 0.1) is 13.0 Å². The van der Waals surface area contributed by atoms with E-state index in [4.69, 9.17) is 4.74 Å². The Labute approximate surface area is 136 Å². The van der Waals surface area contributed by atoms with Crippen molar-refractivity contribution in [3.63, 3.8) is 0 Å². The molecule has 1 aliphatic heterocycles. The molecule has 23 heavy (non-hydrogen) atoms. The van der Waals surface area contributed by atoms with Gasteiger partial charge < -0.3 is 14.7 Å². The van der Waals surface area contributed by atoms with Crippen LogP contribution in [-0.2, 0) is 20.7 Å². The monoisotopic (exact) mass is 317 g/mol. The summed E-state index contributed by atoms with van der Waals surface area (Å²) in [5, 5.41) is 10.2. The van der Waals surface area contributed by atoms with Gasteiger partial charge >= 0.3 is 5.97 Å². The van der Waals surface area contributed by atoms with Gasteiger partial charge in [0, 0.05) is 19.5 Å². The highest BCUT2D eigenvalue weighted by Crippen LogP contribution is 2.59. The Morgan fingerprint density at radius 2 is 1.96 bits per heavy atom. The molecule has 1 saturated heterocycles. The molecule has 2 atom stereocenters. The van der Waals surface area contributed by atoms with Crippen molar-refractivity contribution in [3.8, 4) is 0 Å². The van der Waals surface area contributed by atoms with Crippen LogP contribution in [0.25, 0.3) is 0 Å². The SMILES string of the molecule is COC(=O)[C@H]1CC12CCN(C(=O)[C@@H](O)Cc1ccccc1)CC2. The average molecular weight is 317 g/mol. The highest BCUT2D eigenvalue weighted by Gasteiger charge is 2.59. The second-order valence-electron chi connectivity index (χ2n) is 6.67. The minimum absolute atomic E-state index is 0.000931. The normalized spacial score (nSPS) is 23.4. The topological polar surface area (TPSA) is 66.8 Å². The maximum atomic E-state index is 12.4. The molecule has 1 aromatic carbocycles. The lowest BCUT2D eigenvalue weighted by molar-refractivity contribution is -0.144. The number of piperidine rings is 1. The third kappa shape index (κ3) is 3.24. The second-order valence-corrected chi connectivity index (χ2v) is 6.67. The summed E-state index contributed by atoms with van der Waals surface area (Å²) in [6.45, 7) is 1.22. The number of aliphatic hydroxyl groups excluding tert-OH is 1. The van der Waals surface area contributed by atoms with E-state index < -0.39 is 6.10 Å². The summed E-state index contributed by atoms with van der Waals surface area (Å²) in [5.41, 5.74) is 0.989. The highest BCUT2D eigenvalue weighted by atomic mass is 16.5. The maximum Gasteiger partial charge on any atom is 0.309 e. The summed E-state index contributed by atoms with van der Waals surface area (Å²) in [4.78, 5) is 25.7. The largest absolute Gasteiger partial charge is 0.469 e. The summed E-state index contributed by atoms with van der Waals surface area (Å²) in [6.07, 6.45) is 1.84. The van der Waals surface area contributed by atoms with E-state index in [2.05, 4.69) is 0 Å². The van der Waals surface area contributed by atoms with Gasteiger partial charge in [-0.25, -0.2) is 0 Å². The Balaban J connectivity index is 1.52. The average Bonchev–Trinajstić information content (AvgIpc) is 3.28. The van der Waals surface area contributed by atoms with Gasteiger partial charge in [-0.1, -0.05) is 30.3 Å². The lowest BCUT2D eigenvalue weighted by Crippen LogP contribution is -2.45. The maximum absolute atomic E-state index is 12.4. The fourth-order valence-electron chi connectivity index (χ4n) is 3.68. The number of likely N-dealkylation sites (tertiary alicyclic amines) is 1. The number of benzene rings is 1. The van der Waals surface area contributed by atoms with Crippen LogP contribution >= 0.6 is 0 Å². The van der Waals surface area contributed by atoms with E-state index in [-0.39, 0.29) is 23.2 Å². The first-order valence-electron chi connectivity index (χ1n) is 8.14. The van der Waals surface area contributed by atoms with Crippen molar-refractivity contribution in [1.82, 2.24) is 4.90 Å². The predicted octanol–water partition coefficient (Wildman–Crippen LogP) is 1.39. The summed E-state index contributed by atoms with van der Waals surface area (Å²) in [6, 6.07) is 9.53. The van der Waals surface area contributed by atoms with Crippen LogP contribution in [0, 0.1) is 11.3 Å². The zero-order valence-corrected chi connectivity index (χ0v) is 13.4. The number of methoxy groups -OCH3 is 1. The van der Waals surface area contributed by atoms with Gasteiger partial charge in [-0.05, 0) is 30.2 Å². The van der Waals surface area contributed by atoms with Crippen LogP contribution < -0.4 is 0 Å². The molecule has 1 saturated carbocycles. The molecule has 0 unspecified atom stereocenters. The molecule has 124 valence electrons. The van der Waals surface area contributed by atoms with Crippen molar-refractivity contribution in [3.05, 3.63) is 35.9 Å². The molecule has 1 heterocycles. The molecule has 5 heteroatoms. The Morgan fingerprint density at radius 3 is 2.57 bits per heavy atom. The van der Waals surface area contributed by atoms with Crippen LogP contribution in [-0.4, -0.2) is 48.2 Å². The zero-order chi connectivity index (χ0) is 16.4. The fraction of sp³-hybridized carbons (Fsp3) is 0.556. The molecule has 2 aliphatic rings. The molecule has 0 bridgehead atoms. The highest BCUT2D eigenvalue weighted by molar-refractivity contribution is 5.81. The summed E-state index contributed by atoms with van der Waals surface area (Å²) in [7, 11) is 1.42. The van der Waals surface area contributed by atoms with Gasteiger partial charge in [0.15, 0.2) is 0 Å². The molecule has 1 spiro atoms. The molecule has 1 aliphatic carbocycles. The van der Waals surface area contributed by atoms with Crippen LogP contribution in [0.4, 0.5) is 0 Å². The molecule has 2 fully saturated rings. The quantitative estimate of drug-likeness (QED) is 0.852. The van der Waals surface area contributed by atoms with Crippen LogP contribution in [0.3, 0.4) is 0 Å². The number of amides is 1. The van der Waals surface area contributed by atoms with Gasteiger partial charge in [0.25, 0.3) is 5.91 Å². The van der Waals surface area contributed by atoms with Crippen molar-refractivity contribution in [2.45, 2.75) is 31.8 Å². The number of rotatable bonds is 4. The number of aliphatic hydroxyl groups is 1. The molecule has 3 rings (SSSR count).